The maximum Gasteiger partial charge on any atom is 0.334 e. The Bertz CT molecular complexity index is 495. The van der Waals surface area contributed by atoms with Gasteiger partial charge in [0.2, 0.25) is 0 Å². The molecule has 2 heterocycles. The van der Waals surface area contributed by atoms with Crippen LogP contribution in [0.15, 0.2) is 0 Å². The Morgan fingerprint density at radius 3 is 2.33 bits per heavy atom. The molecular weight excluding hydrogens is 296 g/mol. The second-order valence-corrected chi connectivity index (χ2v) is 7.97. The number of nitrogens with one attached hydrogen (secondary N) is 1. The van der Waals surface area contributed by atoms with Crippen LogP contribution < -0.4 is 4.72 Å². The van der Waals surface area contributed by atoms with Crippen LogP contribution >= 0.6 is 0 Å². The molecule has 3 aliphatic rings. The molecule has 21 heavy (non-hydrogen) atoms. The van der Waals surface area contributed by atoms with E-state index in [4.69, 9.17) is 9.84 Å². The van der Waals surface area contributed by atoms with E-state index in [9.17, 15) is 13.2 Å². The van der Waals surface area contributed by atoms with Gasteiger partial charge < -0.3 is 9.84 Å². The van der Waals surface area contributed by atoms with Crippen molar-refractivity contribution in [3.05, 3.63) is 0 Å². The topological polar surface area (TPSA) is 95.9 Å². The molecule has 0 aromatic heterocycles. The van der Waals surface area contributed by atoms with E-state index >= 15 is 0 Å². The fourth-order valence-electron chi connectivity index (χ4n) is 3.78. The van der Waals surface area contributed by atoms with Gasteiger partial charge in [0.05, 0.1) is 6.04 Å². The van der Waals surface area contributed by atoms with Crippen LogP contribution in [0.1, 0.15) is 32.1 Å². The summed E-state index contributed by atoms with van der Waals surface area (Å²) in [5.74, 6) is -0.189. The van der Waals surface area contributed by atoms with Gasteiger partial charge in [0.25, 0.3) is 10.2 Å². The highest BCUT2D eigenvalue weighted by molar-refractivity contribution is 7.87. The van der Waals surface area contributed by atoms with Crippen molar-refractivity contribution in [2.75, 3.05) is 19.7 Å². The van der Waals surface area contributed by atoms with Gasteiger partial charge in [0, 0.05) is 19.7 Å². The van der Waals surface area contributed by atoms with E-state index in [2.05, 4.69) is 4.72 Å². The number of hydrogen-bond donors (Lipinski definition) is 2. The number of fused-ring (bicyclic) bond motifs is 1. The van der Waals surface area contributed by atoms with Crippen LogP contribution in [0.25, 0.3) is 0 Å². The van der Waals surface area contributed by atoms with Crippen molar-refractivity contribution < 1.29 is 23.1 Å². The van der Waals surface area contributed by atoms with Crippen LogP contribution in [0.2, 0.25) is 0 Å². The zero-order chi connectivity index (χ0) is 15.0. The molecule has 0 amide bonds. The highest BCUT2D eigenvalue weighted by Gasteiger charge is 2.43. The van der Waals surface area contributed by atoms with Crippen molar-refractivity contribution in [2.24, 2.45) is 11.8 Å². The van der Waals surface area contributed by atoms with E-state index in [1.807, 2.05) is 0 Å². The van der Waals surface area contributed by atoms with Gasteiger partial charge >= 0.3 is 5.97 Å². The number of carbonyl (C=O) groups is 1. The van der Waals surface area contributed by atoms with Gasteiger partial charge in [0.15, 0.2) is 6.10 Å². The van der Waals surface area contributed by atoms with Crippen LogP contribution in [0.3, 0.4) is 0 Å². The highest BCUT2D eigenvalue weighted by atomic mass is 32.2. The largest absolute Gasteiger partial charge is 0.479 e. The van der Waals surface area contributed by atoms with Crippen molar-refractivity contribution in [1.82, 2.24) is 9.03 Å². The van der Waals surface area contributed by atoms with E-state index in [1.54, 1.807) is 0 Å². The summed E-state index contributed by atoms with van der Waals surface area (Å²) in [5.41, 5.74) is 0. The Morgan fingerprint density at radius 1 is 1.14 bits per heavy atom. The molecule has 4 atom stereocenters. The van der Waals surface area contributed by atoms with Crippen LogP contribution in [-0.2, 0) is 19.7 Å². The molecule has 8 heteroatoms. The summed E-state index contributed by atoms with van der Waals surface area (Å²) in [6.45, 7) is 1.39. The first-order chi connectivity index (χ1) is 9.97. The molecular formula is C13H22N2O5S. The molecule has 0 bridgehead atoms. The second kappa shape index (κ2) is 5.83. The number of nitrogens with zero attached hydrogens (tertiary/aromatic N) is 1. The number of hydrogen-bond acceptors (Lipinski definition) is 4. The van der Waals surface area contributed by atoms with Crippen LogP contribution in [-0.4, -0.2) is 55.6 Å². The third-order valence-corrected chi connectivity index (χ3v) is 6.50. The lowest BCUT2D eigenvalue weighted by Gasteiger charge is -2.22. The maximum absolute atomic E-state index is 12.5. The number of carboxylic acid groups (broad SMARTS) is 1. The standard InChI is InChI=1S/C13H22N2O5S/c16-13(17)12-11(5-6-20-12)14-21(18,19)15-7-9-3-1-2-4-10(9)8-15/h9-12,14H,1-8H2,(H,16,17)/t9-,10+,11-,12+/m0/s1. The molecule has 0 radical (unpaired) electrons. The van der Waals surface area contributed by atoms with Gasteiger partial charge in [-0.25, -0.2) is 4.79 Å². The lowest BCUT2D eigenvalue weighted by molar-refractivity contribution is -0.148. The molecule has 0 unspecified atom stereocenters. The van der Waals surface area contributed by atoms with Gasteiger partial charge in [-0.05, 0) is 31.1 Å². The third-order valence-electron chi connectivity index (χ3n) is 4.92. The van der Waals surface area contributed by atoms with Gasteiger partial charge in [-0.1, -0.05) is 12.8 Å². The average molecular weight is 318 g/mol. The normalized spacial score (nSPS) is 37.5. The first-order valence-electron chi connectivity index (χ1n) is 7.59. The minimum absolute atomic E-state index is 0.273. The van der Waals surface area contributed by atoms with E-state index in [-0.39, 0.29) is 6.61 Å². The van der Waals surface area contributed by atoms with E-state index in [0.29, 0.717) is 31.3 Å². The van der Waals surface area contributed by atoms with Crippen molar-refractivity contribution in [3.8, 4) is 0 Å². The summed E-state index contributed by atoms with van der Waals surface area (Å²) in [6.07, 6.45) is 3.88. The zero-order valence-electron chi connectivity index (χ0n) is 11.9. The number of ether oxygens (including phenoxy) is 1. The van der Waals surface area contributed by atoms with Crippen LogP contribution in [0, 0.1) is 11.8 Å². The van der Waals surface area contributed by atoms with Crippen LogP contribution in [0.4, 0.5) is 0 Å². The van der Waals surface area contributed by atoms with Crippen molar-refractivity contribution in [3.63, 3.8) is 0 Å². The van der Waals surface area contributed by atoms with Crippen molar-refractivity contribution in [2.45, 2.75) is 44.2 Å². The molecule has 2 N–H and O–H groups in total. The highest BCUT2D eigenvalue weighted by Crippen LogP contribution is 2.37. The minimum atomic E-state index is -3.63. The smallest absolute Gasteiger partial charge is 0.334 e. The molecule has 1 aliphatic carbocycles. The average Bonchev–Trinajstić information content (AvgIpc) is 3.04. The molecule has 0 aromatic carbocycles. The Balaban J connectivity index is 1.65. The Labute approximate surface area is 124 Å². The number of aliphatic carboxylic acids is 1. The summed E-state index contributed by atoms with van der Waals surface area (Å²) >= 11 is 0. The predicted octanol–water partition coefficient (Wildman–Crippen LogP) is 0.185. The van der Waals surface area contributed by atoms with Crippen LogP contribution in [0.5, 0.6) is 0 Å². The molecule has 2 aliphatic heterocycles. The van der Waals surface area contributed by atoms with E-state index < -0.39 is 28.3 Å². The molecule has 3 fully saturated rings. The number of rotatable bonds is 4. The monoisotopic (exact) mass is 318 g/mol. The Kier molecular flexibility index (Phi) is 4.22. The summed E-state index contributed by atoms with van der Waals surface area (Å²) < 4.78 is 34.0. The lowest BCUT2D eigenvalue weighted by atomic mass is 9.82. The summed E-state index contributed by atoms with van der Waals surface area (Å²) in [6, 6.07) is -0.671. The molecule has 2 saturated heterocycles. The minimum Gasteiger partial charge on any atom is -0.479 e. The lowest BCUT2D eigenvalue weighted by Crippen LogP contribution is -2.49. The SMILES string of the molecule is O=C(O)[C@@H]1OCC[C@@H]1NS(=O)(=O)N1C[C@H]2CCCC[C@H]2C1. The van der Waals surface area contributed by atoms with Gasteiger partial charge in [-0.2, -0.15) is 17.4 Å². The fraction of sp³-hybridized carbons (Fsp3) is 0.923. The summed E-state index contributed by atoms with van der Waals surface area (Å²) in [7, 11) is -3.63. The van der Waals surface area contributed by atoms with Gasteiger partial charge in [-0.3, -0.25) is 0 Å². The maximum atomic E-state index is 12.5. The Hall–Kier alpha value is -0.700. The summed E-state index contributed by atoms with van der Waals surface area (Å²) in [5, 5.41) is 9.04. The predicted molar refractivity (Wildman–Crippen MR) is 74.9 cm³/mol. The first kappa shape index (κ1) is 15.2. The van der Waals surface area contributed by atoms with Gasteiger partial charge in [-0.15, -0.1) is 0 Å². The molecule has 1 saturated carbocycles. The number of carboxylic acids is 1. The molecule has 0 spiro atoms. The van der Waals surface area contributed by atoms with E-state index in [0.717, 1.165) is 12.8 Å². The Morgan fingerprint density at radius 2 is 1.76 bits per heavy atom. The van der Waals surface area contributed by atoms with Gasteiger partial charge in [0.1, 0.15) is 0 Å². The quantitative estimate of drug-likeness (QED) is 0.771. The first-order valence-corrected chi connectivity index (χ1v) is 9.03. The fourth-order valence-corrected chi connectivity index (χ4v) is 5.33. The zero-order valence-corrected chi connectivity index (χ0v) is 12.7. The second-order valence-electron chi connectivity index (χ2n) is 6.27. The van der Waals surface area contributed by atoms with Crippen molar-refractivity contribution >= 4 is 16.2 Å². The molecule has 120 valence electrons. The molecule has 0 aromatic rings. The molecule has 7 nitrogen and oxygen atoms in total. The van der Waals surface area contributed by atoms with E-state index in [1.165, 1.54) is 17.1 Å². The summed E-state index contributed by atoms with van der Waals surface area (Å²) in [4.78, 5) is 11.1. The molecule has 3 rings (SSSR count). The third kappa shape index (κ3) is 3.08. The van der Waals surface area contributed by atoms with Crippen molar-refractivity contribution in [1.29, 1.82) is 0 Å².